The van der Waals surface area contributed by atoms with Gasteiger partial charge in [-0.05, 0) is 40.2 Å². The van der Waals surface area contributed by atoms with Gasteiger partial charge in [-0.25, -0.2) is 0 Å². The van der Waals surface area contributed by atoms with E-state index in [2.05, 4.69) is 69.1 Å². The number of hydrogen-bond donors (Lipinski definition) is 2. The third-order valence-electron chi connectivity index (χ3n) is 4.41. The third kappa shape index (κ3) is 2.88. The lowest BCUT2D eigenvalue weighted by Gasteiger charge is -2.27. The minimum atomic E-state index is -0.141. The van der Waals surface area contributed by atoms with E-state index in [0.717, 1.165) is 27.7 Å². The number of phenolic OH excluding ortho intramolecular Hbond substituents is 1. The van der Waals surface area contributed by atoms with E-state index in [0.29, 0.717) is 5.75 Å². The topological polar surface area (TPSA) is 61.8 Å². The highest BCUT2D eigenvalue weighted by molar-refractivity contribution is 5.83. The average Bonchev–Trinajstić information content (AvgIpc) is 2.92. The van der Waals surface area contributed by atoms with Gasteiger partial charge in [-0.1, -0.05) is 53.7 Å². The third-order valence-corrected chi connectivity index (χ3v) is 4.41. The van der Waals surface area contributed by atoms with E-state index in [4.69, 9.17) is 0 Å². The van der Waals surface area contributed by atoms with Gasteiger partial charge < -0.3 is 5.11 Å². The number of phenols is 1. The van der Waals surface area contributed by atoms with Gasteiger partial charge >= 0.3 is 0 Å². The van der Waals surface area contributed by atoms with Crippen molar-refractivity contribution >= 4 is 11.0 Å². The van der Waals surface area contributed by atoms with Gasteiger partial charge in [0, 0.05) is 11.1 Å². The molecular formula is C20H25N3O. The lowest BCUT2D eigenvalue weighted by molar-refractivity contribution is 0.446. The molecule has 3 rings (SSSR count). The first-order valence-electron chi connectivity index (χ1n) is 8.26. The van der Waals surface area contributed by atoms with Gasteiger partial charge in [0.15, 0.2) is 0 Å². The fourth-order valence-electron chi connectivity index (χ4n) is 2.87. The van der Waals surface area contributed by atoms with Crippen molar-refractivity contribution in [1.82, 2.24) is 15.4 Å². The standard InChI is InChI=1S/C20H25N3O/c1-19(2,3)13-10-14(18(24)15(11-13)20(4,5)6)12-7-8-16-17(9-12)22-23-21-16/h7-11,24H,1-6H3,(H,21,22,23). The van der Waals surface area contributed by atoms with Crippen LogP contribution >= 0.6 is 0 Å². The largest absolute Gasteiger partial charge is 0.507 e. The molecule has 0 saturated carbocycles. The van der Waals surface area contributed by atoms with Crippen molar-refractivity contribution in [3.63, 3.8) is 0 Å². The smallest absolute Gasteiger partial charge is 0.127 e. The van der Waals surface area contributed by atoms with Crippen molar-refractivity contribution in [2.24, 2.45) is 0 Å². The number of H-pyrrole nitrogens is 1. The summed E-state index contributed by atoms with van der Waals surface area (Å²) in [4.78, 5) is 0. The fourth-order valence-corrected chi connectivity index (χ4v) is 2.87. The van der Waals surface area contributed by atoms with Crippen LogP contribution in [0.3, 0.4) is 0 Å². The Bertz CT molecular complexity index is 895. The summed E-state index contributed by atoms with van der Waals surface area (Å²) in [5.74, 6) is 0.346. The maximum Gasteiger partial charge on any atom is 0.127 e. The molecule has 0 bridgehead atoms. The van der Waals surface area contributed by atoms with Gasteiger partial charge in [-0.15, -0.1) is 0 Å². The Morgan fingerprint density at radius 1 is 0.833 bits per heavy atom. The highest BCUT2D eigenvalue weighted by atomic mass is 16.3. The highest BCUT2D eigenvalue weighted by Crippen LogP contribution is 2.42. The van der Waals surface area contributed by atoms with Crippen LogP contribution in [0.1, 0.15) is 52.7 Å². The van der Waals surface area contributed by atoms with Crippen molar-refractivity contribution in [3.05, 3.63) is 41.5 Å². The number of aromatic nitrogens is 3. The van der Waals surface area contributed by atoms with Crippen molar-refractivity contribution in [2.75, 3.05) is 0 Å². The van der Waals surface area contributed by atoms with Crippen LogP contribution < -0.4 is 0 Å². The monoisotopic (exact) mass is 323 g/mol. The van der Waals surface area contributed by atoms with Crippen molar-refractivity contribution < 1.29 is 5.11 Å². The maximum atomic E-state index is 10.9. The molecule has 2 aromatic carbocycles. The summed E-state index contributed by atoms with van der Waals surface area (Å²) in [5, 5.41) is 21.8. The van der Waals surface area contributed by atoms with E-state index in [1.807, 2.05) is 18.2 Å². The number of nitrogens with one attached hydrogen (secondary N) is 1. The molecular weight excluding hydrogens is 298 g/mol. The van der Waals surface area contributed by atoms with Crippen LogP contribution in [0.15, 0.2) is 30.3 Å². The molecule has 0 atom stereocenters. The summed E-state index contributed by atoms with van der Waals surface area (Å²) in [6.45, 7) is 12.9. The van der Waals surface area contributed by atoms with Gasteiger partial charge in [0.2, 0.25) is 0 Å². The van der Waals surface area contributed by atoms with E-state index >= 15 is 0 Å². The van der Waals surface area contributed by atoms with Gasteiger partial charge in [-0.3, -0.25) is 0 Å². The number of nitrogens with zero attached hydrogens (tertiary/aromatic N) is 2. The molecule has 0 aliphatic carbocycles. The predicted molar refractivity (Wildman–Crippen MR) is 98.4 cm³/mol. The first kappa shape index (κ1) is 16.5. The summed E-state index contributed by atoms with van der Waals surface area (Å²) >= 11 is 0. The SMILES string of the molecule is CC(C)(C)c1cc(-c2ccc3n[nH]nc3c2)c(O)c(C(C)(C)C)c1. The van der Waals surface area contributed by atoms with E-state index in [-0.39, 0.29) is 10.8 Å². The van der Waals surface area contributed by atoms with Crippen LogP contribution in [-0.2, 0) is 10.8 Å². The predicted octanol–water partition coefficient (Wildman–Crippen LogP) is 4.93. The zero-order chi connectivity index (χ0) is 17.7. The molecule has 0 radical (unpaired) electrons. The summed E-state index contributed by atoms with van der Waals surface area (Å²) in [6, 6.07) is 10.1. The Hall–Kier alpha value is -2.36. The molecule has 0 fully saturated rings. The second-order valence-corrected chi connectivity index (χ2v) is 8.45. The van der Waals surface area contributed by atoms with E-state index < -0.39 is 0 Å². The minimum Gasteiger partial charge on any atom is -0.507 e. The van der Waals surface area contributed by atoms with Crippen molar-refractivity contribution in [1.29, 1.82) is 0 Å². The van der Waals surface area contributed by atoms with Gasteiger partial charge in [0.05, 0.1) is 0 Å². The highest BCUT2D eigenvalue weighted by Gasteiger charge is 2.25. The Balaban J connectivity index is 2.29. The molecule has 1 aromatic heterocycles. The van der Waals surface area contributed by atoms with Crippen molar-refractivity contribution in [2.45, 2.75) is 52.4 Å². The Morgan fingerprint density at radius 2 is 1.50 bits per heavy atom. The van der Waals surface area contributed by atoms with Crippen molar-refractivity contribution in [3.8, 4) is 16.9 Å². The normalized spacial score (nSPS) is 12.8. The number of hydrogen-bond acceptors (Lipinski definition) is 3. The van der Waals surface area contributed by atoms with Crippen LogP contribution in [0.2, 0.25) is 0 Å². The summed E-state index contributed by atoms with van der Waals surface area (Å²) < 4.78 is 0. The fraction of sp³-hybridized carbons (Fsp3) is 0.400. The number of fused-ring (bicyclic) bond motifs is 1. The number of rotatable bonds is 1. The number of benzene rings is 2. The molecule has 126 valence electrons. The molecule has 3 aromatic rings. The van der Waals surface area contributed by atoms with Crippen LogP contribution in [0.25, 0.3) is 22.2 Å². The number of aromatic amines is 1. The first-order chi connectivity index (χ1) is 11.1. The molecule has 2 N–H and O–H groups in total. The van der Waals surface area contributed by atoms with E-state index in [1.54, 1.807) is 0 Å². The summed E-state index contributed by atoms with van der Waals surface area (Å²) in [7, 11) is 0. The molecule has 0 unspecified atom stereocenters. The minimum absolute atomic E-state index is 0.000438. The second kappa shape index (κ2) is 5.33. The second-order valence-electron chi connectivity index (χ2n) is 8.45. The summed E-state index contributed by atoms with van der Waals surface area (Å²) in [5.41, 5.74) is 5.44. The average molecular weight is 323 g/mol. The van der Waals surface area contributed by atoms with E-state index in [9.17, 15) is 5.11 Å². The quantitative estimate of drug-likeness (QED) is 0.668. The Morgan fingerprint density at radius 3 is 2.12 bits per heavy atom. The first-order valence-corrected chi connectivity index (χ1v) is 8.26. The molecule has 4 nitrogen and oxygen atoms in total. The molecule has 0 saturated heterocycles. The van der Waals surface area contributed by atoms with Crippen LogP contribution in [0.5, 0.6) is 5.75 Å². The number of aromatic hydroxyl groups is 1. The van der Waals surface area contributed by atoms with Gasteiger partial charge in [-0.2, -0.15) is 15.4 Å². The zero-order valence-corrected chi connectivity index (χ0v) is 15.2. The van der Waals surface area contributed by atoms with Gasteiger partial charge in [0.25, 0.3) is 0 Å². The molecule has 0 amide bonds. The molecule has 1 heterocycles. The molecule has 0 aliphatic rings. The Kier molecular flexibility index (Phi) is 3.67. The maximum absolute atomic E-state index is 10.9. The van der Waals surface area contributed by atoms with Crippen LogP contribution in [-0.4, -0.2) is 20.5 Å². The molecule has 0 aliphatic heterocycles. The van der Waals surface area contributed by atoms with E-state index in [1.165, 1.54) is 5.56 Å². The molecule has 4 heteroatoms. The van der Waals surface area contributed by atoms with Gasteiger partial charge in [0.1, 0.15) is 16.8 Å². The Labute approximate surface area is 142 Å². The summed E-state index contributed by atoms with van der Waals surface area (Å²) in [6.07, 6.45) is 0. The van der Waals surface area contributed by atoms with Crippen LogP contribution in [0.4, 0.5) is 0 Å². The zero-order valence-electron chi connectivity index (χ0n) is 15.2. The molecule has 24 heavy (non-hydrogen) atoms. The molecule has 0 spiro atoms. The van der Waals surface area contributed by atoms with Crippen LogP contribution in [0, 0.1) is 0 Å². The lowest BCUT2D eigenvalue weighted by atomic mass is 9.78. The lowest BCUT2D eigenvalue weighted by Crippen LogP contribution is -2.17.